The maximum atomic E-state index is 11.8. The molecule has 0 aliphatic carbocycles. The van der Waals surface area contributed by atoms with Crippen molar-refractivity contribution in [2.24, 2.45) is 0 Å². The van der Waals surface area contributed by atoms with Gasteiger partial charge in [-0.1, -0.05) is 6.92 Å². The lowest BCUT2D eigenvalue weighted by Crippen LogP contribution is -2.40. The molecule has 20 heavy (non-hydrogen) atoms. The number of hydrogen-bond donors (Lipinski definition) is 2. The second-order valence-corrected chi connectivity index (χ2v) is 4.95. The highest BCUT2D eigenvalue weighted by Gasteiger charge is 2.27. The first-order valence-corrected chi connectivity index (χ1v) is 6.76. The van der Waals surface area contributed by atoms with Crippen molar-refractivity contribution in [1.29, 1.82) is 0 Å². The number of nitrogens with zero attached hydrogens (tertiary/aromatic N) is 1. The Balaban J connectivity index is 2.24. The summed E-state index contributed by atoms with van der Waals surface area (Å²) in [6.07, 6.45) is 2.93. The lowest BCUT2D eigenvalue weighted by molar-refractivity contribution is -0.121. The number of aromatic nitrogens is 1. The van der Waals surface area contributed by atoms with Crippen LogP contribution in [0.4, 0.5) is 0 Å². The fraction of sp³-hybridized carbons (Fsp3) is 0.500. The molecule has 0 aromatic carbocycles. The van der Waals surface area contributed by atoms with E-state index in [1.165, 1.54) is 0 Å². The van der Waals surface area contributed by atoms with Crippen LogP contribution in [0.5, 0.6) is 0 Å². The molecule has 2 N–H and O–H groups in total. The van der Waals surface area contributed by atoms with Gasteiger partial charge < -0.3 is 15.2 Å². The fourth-order valence-electron chi connectivity index (χ4n) is 2.36. The van der Waals surface area contributed by atoms with E-state index >= 15 is 0 Å². The number of hydrogen-bond acceptors (Lipinski definition) is 3. The van der Waals surface area contributed by atoms with Crippen LogP contribution >= 0.6 is 0 Å². The molecule has 1 aromatic rings. The number of carbonyl (C=O) groups is 3. The van der Waals surface area contributed by atoms with Crippen LogP contribution in [0.25, 0.3) is 0 Å². The lowest BCUT2D eigenvalue weighted by Gasteiger charge is -2.25. The van der Waals surface area contributed by atoms with Gasteiger partial charge in [0.2, 0.25) is 5.91 Å². The summed E-state index contributed by atoms with van der Waals surface area (Å²) in [4.78, 5) is 34.9. The van der Waals surface area contributed by atoms with Crippen LogP contribution in [0.15, 0.2) is 12.3 Å². The maximum Gasteiger partial charge on any atom is 0.267 e. The van der Waals surface area contributed by atoms with E-state index < -0.39 is 0 Å². The van der Waals surface area contributed by atoms with Crippen LogP contribution in [0.3, 0.4) is 0 Å². The minimum absolute atomic E-state index is 0.0722. The Bertz CT molecular complexity index is 548. The molecule has 0 bridgehead atoms. The summed E-state index contributed by atoms with van der Waals surface area (Å²) in [5, 5.41) is 5.36. The third kappa shape index (κ3) is 2.89. The third-order valence-corrected chi connectivity index (χ3v) is 3.52. The molecule has 1 aromatic heterocycles. The molecule has 2 heterocycles. The van der Waals surface area contributed by atoms with Crippen LogP contribution in [0.2, 0.25) is 0 Å². The minimum Gasteiger partial charge on any atom is -0.359 e. The summed E-state index contributed by atoms with van der Waals surface area (Å²) in [5.74, 6) is -0.0958. The van der Waals surface area contributed by atoms with Gasteiger partial charge in [-0.3, -0.25) is 14.4 Å². The molecule has 1 atom stereocenters. The number of ketones is 1. The summed E-state index contributed by atoms with van der Waals surface area (Å²) < 4.78 is 1.81. The van der Waals surface area contributed by atoms with Gasteiger partial charge in [0.05, 0.1) is 6.04 Å². The number of nitrogens with one attached hydrogen (secondary N) is 2. The SMILES string of the molecule is CCC(=O)Cc1cc2n(c1)C(CC(=O)NC)CNC2=O. The molecule has 0 spiro atoms. The molecule has 0 saturated heterocycles. The Morgan fingerprint density at radius 1 is 1.50 bits per heavy atom. The second kappa shape index (κ2) is 5.90. The van der Waals surface area contributed by atoms with Crippen LogP contribution in [0.1, 0.15) is 41.9 Å². The standard InChI is InChI=1S/C14H19N3O3/c1-3-11(18)4-9-5-12-14(20)16-7-10(17(12)8-9)6-13(19)15-2/h5,8,10H,3-4,6-7H2,1-2H3,(H,15,19)(H,16,20). The van der Waals surface area contributed by atoms with Gasteiger partial charge in [-0.25, -0.2) is 0 Å². The van der Waals surface area contributed by atoms with E-state index in [0.717, 1.165) is 5.56 Å². The van der Waals surface area contributed by atoms with Crippen LogP contribution in [-0.2, 0) is 16.0 Å². The van der Waals surface area contributed by atoms with Gasteiger partial charge in [-0.05, 0) is 11.6 Å². The average molecular weight is 277 g/mol. The van der Waals surface area contributed by atoms with E-state index in [-0.39, 0.29) is 23.6 Å². The molecule has 108 valence electrons. The normalized spacial score (nSPS) is 17.3. The molecule has 1 aliphatic rings. The van der Waals surface area contributed by atoms with E-state index in [9.17, 15) is 14.4 Å². The van der Waals surface area contributed by atoms with E-state index in [0.29, 0.717) is 31.5 Å². The summed E-state index contributed by atoms with van der Waals surface area (Å²) in [6.45, 7) is 2.24. The highest BCUT2D eigenvalue weighted by molar-refractivity contribution is 5.94. The zero-order valence-electron chi connectivity index (χ0n) is 11.7. The molecule has 0 saturated carbocycles. The summed E-state index contributed by atoms with van der Waals surface area (Å²) in [6, 6.07) is 1.63. The molecule has 1 unspecified atom stereocenters. The van der Waals surface area contributed by atoms with Gasteiger partial charge >= 0.3 is 0 Å². The summed E-state index contributed by atoms with van der Waals surface area (Å²) >= 11 is 0. The van der Waals surface area contributed by atoms with Crippen molar-refractivity contribution in [1.82, 2.24) is 15.2 Å². The fourth-order valence-corrected chi connectivity index (χ4v) is 2.36. The molecular formula is C14H19N3O3. The zero-order valence-corrected chi connectivity index (χ0v) is 11.7. The predicted molar refractivity (Wildman–Crippen MR) is 73.5 cm³/mol. The van der Waals surface area contributed by atoms with Crippen LogP contribution < -0.4 is 10.6 Å². The van der Waals surface area contributed by atoms with E-state index in [1.54, 1.807) is 13.1 Å². The van der Waals surface area contributed by atoms with Crippen molar-refractivity contribution < 1.29 is 14.4 Å². The van der Waals surface area contributed by atoms with Gasteiger partial charge in [0, 0.05) is 39.1 Å². The van der Waals surface area contributed by atoms with Crippen molar-refractivity contribution in [2.45, 2.75) is 32.2 Å². The monoisotopic (exact) mass is 277 g/mol. The maximum absolute atomic E-state index is 11.8. The Kier molecular flexibility index (Phi) is 4.22. The van der Waals surface area contributed by atoms with Gasteiger partial charge in [0.25, 0.3) is 5.91 Å². The van der Waals surface area contributed by atoms with Crippen molar-refractivity contribution >= 4 is 17.6 Å². The lowest BCUT2D eigenvalue weighted by atomic mass is 10.1. The van der Waals surface area contributed by atoms with E-state index in [2.05, 4.69) is 10.6 Å². The topological polar surface area (TPSA) is 80.2 Å². The van der Waals surface area contributed by atoms with Crippen LogP contribution in [-0.4, -0.2) is 35.8 Å². The predicted octanol–water partition coefficient (Wildman–Crippen LogP) is 0.430. The third-order valence-electron chi connectivity index (χ3n) is 3.52. The highest BCUT2D eigenvalue weighted by Crippen LogP contribution is 2.22. The largest absolute Gasteiger partial charge is 0.359 e. The zero-order chi connectivity index (χ0) is 14.7. The van der Waals surface area contributed by atoms with Gasteiger partial charge in [-0.2, -0.15) is 0 Å². The number of amides is 2. The van der Waals surface area contributed by atoms with E-state index in [4.69, 9.17) is 0 Å². The summed E-state index contributed by atoms with van der Waals surface area (Å²) in [7, 11) is 1.59. The number of rotatable bonds is 5. The molecule has 6 heteroatoms. The Morgan fingerprint density at radius 3 is 2.90 bits per heavy atom. The average Bonchev–Trinajstić information content (AvgIpc) is 2.86. The molecule has 0 radical (unpaired) electrons. The van der Waals surface area contributed by atoms with Crippen LogP contribution in [0, 0.1) is 0 Å². The van der Waals surface area contributed by atoms with Gasteiger partial charge in [0.15, 0.2) is 0 Å². The Morgan fingerprint density at radius 2 is 2.25 bits per heavy atom. The molecule has 0 fully saturated rings. The minimum atomic E-state index is -0.159. The van der Waals surface area contributed by atoms with Crippen molar-refractivity contribution in [3.8, 4) is 0 Å². The van der Waals surface area contributed by atoms with Crippen molar-refractivity contribution in [3.63, 3.8) is 0 Å². The highest BCUT2D eigenvalue weighted by atomic mass is 16.2. The molecular weight excluding hydrogens is 258 g/mol. The van der Waals surface area contributed by atoms with Gasteiger partial charge in [0.1, 0.15) is 11.5 Å². The molecule has 1 aliphatic heterocycles. The van der Waals surface area contributed by atoms with E-state index in [1.807, 2.05) is 17.7 Å². The van der Waals surface area contributed by atoms with Crippen molar-refractivity contribution in [2.75, 3.05) is 13.6 Å². The smallest absolute Gasteiger partial charge is 0.267 e. The first-order valence-electron chi connectivity index (χ1n) is 6.76. The number of carbonyl (C=O) groups excluding carboxylic acids is 3. The Hall–Kier alpha value is -2.11. The molecule has 6 nitrogen and oxygen atoms in total. The molecule has 2 amide bonds. The van der Waals surface area contributed by atoms with Gasteiger partial charge in [-0.15, -0.1) is 0 Å². The number of Topliss-reactive ketones (excluding diaryl/α,β-unsaturated/α-hetero) is 1. The van der Waals surface area contributed by atoms with Crippen molar-refractivity contribution in [3.05, 3.63) is 23.5 Å². The first kappa shape index (κ1) is 14.3. The Labute approximate surface area is 117 Å². The second-order valence-electron chi connectivity index (χ2n) is 4.95. The molecule has 2 rings (SSSR count). The summed E-state index contributed by atoms with van der Waals surface area (Å²) in [5.41, 5.74) is 1.34. The first-order chi connectivity index (χ1) is 9.55. The number of fused-ring (bicyclic) bond motifs is 1. The quantitative estimate of drug-likeness (QED) is 0.819.